The zero-order chi connectivity index (χ0) is 19.0. The highest BCUT2D eigenvalue weighted by atomic mass is 19.1. The van der Waals surface area contributed by atoms with Crippen LogP contribution in [0.1, 0.15) is 0 Å². The fraction of sp³-hybridized carbons (Fsp3) is 0.0455. The van der Waals surface area contributed by atoms with E-state index >= 15 is 0 Å². The highest BCUT2D eigenvalue weighted by molar-refractivity contribution is 6.01. The highest BCUT2D eigenvalue weighted by Gasteiger charge is 2.18. The third-order valence-electron chi connectivity index (χ3n) is 4.40. The highest BCUT2D eigenvalue weighted by Crippen LogP contribution is 2.37. The van der Waals surface area contributed by atoms with Gasteiger partial charge in [-0.15, -0.1) is 0 Å². The summed E-state index contributed by atoms with van der Waals surface area (Å²) in [6.45, 7) is 0. The van der Waals surface area contributed by atoms with Crippen LogP contribution in [-0.2, 0) is 0 Å². The van der Waals surface area contributed by atoms with Crippen molar-refractivity contribution in [2.75, 3.05) is 7.11 Å². The van der Waals surface area contributed by atoms with Crippen LogP contribution in [-0.4, -0.2) is 12.2 Å². The summed E-state index contributed by atoms with van der Waals surface area (Å²) in [5, 5.41) is 10.4. The average Bonchev–Trinajstić information content (AvgIpc) is 2.68. The molecule has 5 heteroatoms. The van der Waals surface area contributed by atoms with Crippen molar-refractivity contribution < 1.29 is 18.7 Å². The fourth-order valence-electron chi connectivity index (χ4n) is 3.13. The number of benzene rings is 3. The molecular formula is C22H15FO4. The van der Waals surface area contributed by atoms with Crippen LogP contribution in [0.3, 0.4) is 0 Å². The number of hydrogen-bond donors (Lipinski definition) is 1. The Hall–Kier alpha value is -3.60. The van der Waals surface area contributed by atoms with Crippen LogP contribution in [0.4, 0.5) is 4.39 Å². The maximum atomic E-state index is 13.4. The third kappa shape index (κ3) is 3.04. The van der Waals surface area contributed by atoms with Crippen LogP contribution in [0, 0.1) is 5.82 Å². The normalized spacial score (nSPS) is 10.9. The zero-order valence-corrected chi connectivity index (χ0v) is 14.4. The Morgan fingerprint density at radius 2 is 1.52 bits per heavy atom. The molecule has 0 amide bonds. The van der Waals surface area contributed by atoms with Gasteiger partial charge in [0.25, 0.3) is 0 Å². The Morgan fingerprint density at radius 3 is 2.19 bits per heavy atom. The lowest BCUT2D eigenvalue weighted by Gasteiger charge is -2.13. The standard InChI is InChI=1S/C22H15FO4/c1-26-17-9-4-13(5-10-17)20-18-11-8-16(24)12-19(18)27-22(25)21(20)14-2-6-15(23)7-3-14/h2-12,24H,1H3. The van der Waals surface area contributed by atoms with E-state index in [2.05, 4.69) is 0 Å². The number of halogens is 1. The van der Waals surface area contributed by atoms with Crippen LogP contribution in [0.15, 0.2) is 75.9 Å². The second-order valence-electron chi connectivity index (χ2n) is 6.06. The molecule has 134 valence electrons. The van der Waals surface area contributed by atoms with Crippen molar-refractivity contribution in [2.24, 2.45) is 0 Å². The zero-order valence-electron chi connectivity index (χ0n) is 14.4. The summed E-state index contributed by atoms with van der Waals surface area (Å²) >= 11 is 0. The molecule has 0 aliphatic rings. The van der Waals surface area contributed by atoms with Crippen molar-refractivity contribution in [3.63, 3.8) is 0 Å². The van der Waals surface area contributed by atoms with E-state index in [1.165, 1.54) is 24.3 Å². The SMILES string of the molecule is COc1ccc(-c2c(-c3ccc(F)cc3)c(=O)oc3cc(O)ccc23)cc1. The lowest BCUT2D eigenvalue weighted by molar-refractivity contribution is 0.415. The van der Waals surface area contributed by atoms with Crippen molar-refractivity contribution >= 4 is 11.0 Å². The van der Waals surface area contributed by atoms with Crippen molar-refractivity contribution in [1.29, 1.82) is 0 Å². The first-order chi connectivity index (χ1) is 13.1. The first-order valence-corrected chi connectivity index (χ1v) is 8.27. The number of rotatable bonds is 3. The molecule has 3 aromatic carbocycles. The van der Waals surface area contributed by atoms with Gasteiger partial charge >= 0.3 is 5.63 Å². The number of fused-ring (bicyclic) bond motifs is 1. The Bertz CT molecular complexity index is 1180. The van der Waals surface area contributed by atoms with Crippen LogP contribution in [0.2, 0.25) is 0 Å². The van der Waals surface area contributed by atoms with E-state index in [1.54, 1.807) is 37.4 Å². The summed E-state index contributed by atoms with van der Waals surface area (Å²) in [4.78, 5) is 12.8. The van der Waals surface area contributed by atoms with E-state index < -0.39 is 5.63 Å². The number of phenols is 1. The van der Waals surface area contributed by atoms with E-state index in [-0.39, 0.29) is 17.1 Å². The molecule has 1 N–H and O–H groups in total. The lowest BCUT2D eigenvalue weighted by Crippen LogP contribution is -2.06. The summed E-state index contributed by atoms with van der Waals surface area (Å²) in [7, 11) is 1.58. The predicted molar refractivity (Wildman–Crippen MR) is 102 cm³/mol. The van der Waals surface area contributed by atoms with Gasteiger partial charge in [0, 0.05) is 17.0 Å². The molecule has 1 aromatic heterocycles. The fourth-order valence-corrected chi connectivity index (χ4v) is 3.13. The van der Waals surface area contributed by atoms with Gasteiger partial charge in [-0.05, 0) is 47.5 Å². The van der Waals surface area contributed by atoms with Gasteiger partial charge in [-0.2, -0.15) is 0 Å². The molecule has 0 radical (unpaired) electrons. The predicted octanol–water partition coefficient (Wildman–Crippen LogP) is 4.98. The molecule has 0 fully saturated rings. The Balaban J connectivity index is 2.09. The molecule has 0 unspecified atom stereocenters. The molecule has 4 aromatic rings. The maximum absolute atomic E-state index is 13.4. The van der Waals surface area contributed by atoms with E-state index in [0.29, 0.717) is 27.8 Å². The molecule has 27 heavy (non-hydrogen) atoms. The first kappa shape index (κ1) is 16.8. The van der Waals surface area contributed by atoms with Gasteiger partial charge in [-0.1, -0.05) is 24.3 Å². The maximum Gasteiger partial charge on any atom is 0.344 e. The number of phenolic OH excluding ortho intramolecular Hbond substituents is 1. The Kier molecular flexibility index (Phi) is 4.12. The number of aromatic hydroxyl groups is 1. The van der Waals surface area contributed by atoms with E-state index in [4.69, 9.17) is 9.15 Å². The van der Waals surface area contributed by atoms with Crippen molar-refractivity contribution in [1.82, 2.24) is 0 Å². The summed E-state index contributed by atoms with van der Waals surface area (Å²) in [6, 6.07) is 17.6. The third-order valence-corrected chi connectivity index (χ3v) is 4.40. The summed E-state index contributed by atoms with van der Waals surface area (Å²) in [5.74, 6) is 0.299. The molecule has 0 spiro atoms. The minimum absolute atomic E-state index is 0.000799. The smallest absolute Gasteiger partial charge is 0.344 e. The average molecular weight is 362 g/mol. The molecule has 0 saturated heterocycles. The quantitative estimate of drug-likeness (QED) is 0.522. The summed E-state index contributed by atoms with van der Waals surface area (Å²) in [5.41, 5.74) is 2.01. The molecule has 4 nitrogen and oxygen atoms in total. The second kappa shape index (κ2) is 6.61. The van der Waals surface area contributed by atoms with Crippen LogP contribution in [0.25, 0.3) is 33.2 Å². The summed E-state index contributed by atoms with van der Waals surface area (Å²) in [6.07, 6.45) is 0. The minimum atomic E-state index is -0.564. The van der Waals surface area contributed by atoms with Gasteiger partial charge in [0.05, 0.1) is 12.7 Å². The molecule has 0 atom stereocenters. The number of hydrogen-bond acceptors (Lipinski definition) is 4. The Labute approximate surface area is 154 Å². The van der Waals surface area contributed by atoms with Crippen LogP contribution < -0.4 is 10.4 Å². The van der Waals surface area contributed by atoms with Gasteiger partial charge in [-0.25, -0.2) is 9.18 Å². The second-order valence-corrected chi connectivity index (χ2v) is 6.06. The Morgan fingerprint density at radius 1 is 0.889 bits per heavy atom. The van der Waals surface area contributed by atoms with E-state index in [1.807, 2.05) is 12.1 Å². The van der Waals surface area contributed by atoms with Crippen molar-refractivity contribution in [3.05, 3.63) is 83.0 Å². The molecule has 0 saturated carbocycles. The van der Waals surface area contributed by atoms with Gasteiger partial charge < -0.3 is 14.3 Å². The monoisotopic (exact) mass is 362 g/mol. The van der Waals surface area contributed by atoms with Crippen LogP contribution in [0.5, 0.6) is 11.5 Å². The minimum Gasteiger partial charge on any atom is -0.508 e. The van der Waals surface area contributed by atoms with Crippen LogP contribution >= 0.6 is 0 Å². The first-order valence-electron chi connectivity index (χ1n) is 8.27. The molecule has 0 aliphatic heterocycles. The van der Waals surface area contributed by atoms with Gasteiger partial charge in [0.1, 0.15) is 22.9 Å². The van der Waals surface area contributed by atoms with Gasteiger partial charge in [-0.3, -0.25) is 0 Å². The van der Waals surface area contributed by atoms with Crippen molar-refractivity contribution in [3.8, 4) is 33.8 Å². The van der Waals surface area contributed by atoms with Gasteiger partial charge in [0.2, 0.25) is 0 Å². The van der Waals surface area contributed by atoms with E-state index in [9.17, 15) is 14.3 Å². The van der Waals surface area contributed by atoms with Gasteiger partial charge in [0.15, 0.2) is 0 Å². The molecule has 4 rings (SSSR count). The lowest BCUT2D eigenvalue weighted by atomic mass is 9.93. The molecule has 0 bridgehead atoms. The molecule has 1 heterocycles. The molecule has 0 aliphatic carbocycles. The summed E-state index contributed by atoms with van der Waals surface area (Å²) < 4.78 is 24.0. The topological polar surface area (TPSA) is 59.7 Å². The molecular weight excluding hydrogens is 347 g/mol. The van der Waals surface area contributed by atoms with E-state index in [0.717, 1.165) is 5.56 Å². The van der Waals surface area contributed by atoms with Crippen molar-refractivity contribution in [2.45, 2.75) is 0 Å². The number of ether oxygens (including phenoxy) is 1. The number of methoxy groups -OCH3 is 1. The largest absolute Gasteiger partial charge is 0.508 e.